The molecule has 1 atom stereocenters. The second-order valence-corrected chi connectivity index (χ2v) is 11.7. The summed E-state index contributed by atoms with van der Waals surface area (Å²) in [7, 11) is 0. The van der Waals surface area contributed by atoms with Crippen molar-refractivity contribution < 1.29 is 24.6 Å². The highest BCUT2D eigenvalue weighted by atomic mass is 79.9. The van der Waals surface area contributed by atoms with E-state index in [0.29, 0.717) is 20.9 Å². The van der Waals surface area contributed by atoms with E-state index in [-0.39, 0.29) is 53.7 Å². The van der Waals surface area contributed by atoms with Crippen molar-refractivity contribution in [2.45, 2.75) is 59.3 Å². The van der Waals surface area contributed by atoms with Crippen LogP contribution in [0.1, 0.15) is 64.9 Å². The predicted molar refractivity (Wildman–Crippen MR) is 120 cm³/mol. The monoisotopic (exact) mass is 540 g/mol. The van der Waals surface area contributed by atoms with E-state index in [9.17, 15) is 24.6 Å². The fourth-order valence-corrected chi connectivity index (χ4v) is 5.94. The van der Waals surface area contributed by atoms with E-state index in [1.54, 1.807) is 12.1 Å². The molecule has 0 bridgehead atoms. The van der Waals surface area contributed by atoms with E-state index in [1.807, 2.05) is 27.7 Å². The number of aromatic hydroxyl groups is 1. The van der Waals surface area contributed by atoms with E-state index < -0.39 is 22.7 Å². The average Bonchev–Trinajstić information content (AvgIpc) is 2.54. The molecular formula is C23H26Br2O5. The van der Waals surface area contributed by atoms with Crippen molar-refractivity contribution in [1.82, 2.24) is 0 Å². The molecule has 3 rings (SSSR count). The van der Waals surface area contributed by atoms with Crippen molar-refractivity contribution in [3.05, 3.63) is 38.0 Å². The van der Waals surface area contributed by atoms with Crippen LogP contribution in [0.15, 0.2) is 32.4 Å². The highest BCUT2D eigenvalue weighted by molar-refractivity contribution is 9.11. The number of carbonyl (C=O) groups is 3. The zero-order valence-electron chi connectivity index (χ0n) is 17.5. The molecule has 0 spiro atoms. The zero-order chi connectivity index (χ0) is 22.6. The quantitative estimate of drug-likeness (QED) is 0.473. The number of benzene rings is 1. The summed E-state index contributed by atoms with van der Waals surface area (Å²) in [6, 6.07) is 3.22. The van der Waals surface area contributed by atoms with E-state index in [0.717, 1.165) is 0 Å². The first kappa shape index (κ1) is 23.2. The first-order valence-electron chi connectivity index (χ1n) is 9.91. The Hall–Kier alpha value is -1.47. The molecule has 7 heteroatoms. The maximum absolute atomic E-state index is 13.1. The topological polar surface area (TPSA) is 91.7 Å². The van der Waals surface area contributed by atoms with Crippen LogP contribution in [0.5, 0.6) is 5.75 Å². The molecule has 162 valence electrons. The molecule has 1 fully saturated rings. The van der Waals surface area contributed by atoms with Crippen LogP contribution in [-0.4, -0.2) is 27.6 Å². The third-order valence-electron chi connectivity index (χ3n) is 5.94. The summed E-state index contributed by atoms with van der Waals surface area (Å²) in [6.07, 6.45) is 0.984. The Labute approximate surface area is 193 Å². The fraction of sp³-hybridized carbons (Fsp3) is 0.522. The number of carbonyl (C=O) groups excluding carboxylic acids is 3. The number of Topliss-reactive ketones (excluding diaryl/α,β-unsaturated/α-hetero) is 3. The van der Waals surface area contributed by atoms with Crippen molar-refractivity contribution in [3.8, 4) is 5.75 Å². The summed E-state index contributed by atoms with van der Waals surface area (Å²) in [5, 5.41) is 21.0. The van der Waals surface area contributed by atoms with Gasteiger partial charge in [0.1, 0.15) is 23.1 Å². The van der Waals surface area contributed by atoms with Crippen molar-refractivity contribution >= 4 is 49.2 Å². The number of phenolic OH excluding ortho intramolecular Hbond substituents is 1. The third-order valence-corrected chi connectivity index (χ3v) is 7.15. The summed E-state index contributed by atoms with van der Waals surface area (Å²) < 4.78 is 0.744. The van der Waals surface area contributed by atoms with Crippen molar-refractivity contribution in [2.75, 3.05) is 0 Å². The second-order valence-electron chi connectivity index (χ2n) is 10.0. The molecule has 0 heterocycles. The van der Waals surface area contributed by atoms with Gasteiger partial charge in [-0.25, -0.2) is 0 Å². The van der Waals surface area contributed by atoms with Gasteiger partial charge in [-0.2, -0.15) is 0 Å². The zero-order valence-corrected chi connectivity index (χ0v) is 20.7. The summed E-state index contributed by atoms with van der Waals surface area (Å²) in [4.78, 5) is 39.4. The normalized spacial score (nSPS) is 23.1. The lowest BCUT2D eigenvalue weighted by molar-refractivity contribution is -0.140. The average molecular weight is 542 g/mol. The number of phenols is 1. The molecule has 0 radical (unpaired) electrons. The molecule has 5 nitrogen and oxygen atoms in total. The van der Waals surface area contributed by atoms with Gasteiger partial charge >= 0.3 is 0 Å². The maximum Gasteiger partial charge on any atom is 0.163 e. The number of halogens is 2. The Balaban J connectivity index is 2.22. The van der Waals surface area contributed by atoms with Crippen LogP contribution >= 0.6 is 31.9 Å². The molecule has 0 amide bonds. The van der Waals surface area contributed by atoms with E-state index >= 15 is 0 Å². The van der Waals surface area contributed by atoms with Crippen LogP contribution in [-0.2, 0) is 14.4 Å². The van der Waals surface area contributed by atoms with Gasteiger partial charge in [0.15, 0.2) is 5.78 Å². The van der Waals surface area contributed by atoms with Crippen LogP contribution < -0.4 is 0 Å². The van der Waals surface area contributed by atoms with Gasteiger partial charge in [-0.15, -0.1) is 0 Å². The van der Waals surface area contributed by atoms with Crippen LogP contribution in [0, 0.1) is 16.7 Å². The summed E-state index contributed by atoms with van der Waals surface area (Å²) in [6.45, 7) is 7.57. The van der Waals surface area contributed by atoms with Gasteiger partial charge in [0, 0.05) is 37.2 Å². The van der Waals surface area contributed by atoms with Crippen LogP contribution in [0.4, 0.5) is 0 Å². The Morgan fingerprint density at radius 2 is 1.33 bits per heavy atom. The second kappa shape index (κ2) is 7.90. The number of rotatable bonds is 3. The number of hydrogen-bond donors (Lipinski definition) is 2. The van der Waals surface area contributed by atoms with Crippen LogP contribution in [0.25, 0.3) is 0 Å². The molecule has 0 aliphatic heterocycles. The highest BCUT2D eigenvalue weighted by Gasteiger charge is 2.48. The highest BCUT2D eigenvalue weighted by Crippen LogP contribution is 2.49. The minimum Gasteiger partial charge on any atom is -0.512 e. The lowest BCUT2D eigenvalue weighted by Crippen LogP contribution is -2.43. The first-order chi connectivity index (χ1) is 13.7. The van der Waals surface area contributed by atoms with E-state index in [4.69, 9.17) is 0 Å². The molecule has 0 unspecified atom stereocenters. The molecule has 1 aromatic rings. The van der Waals surface area contributed by atoms with Gasteiger partial charge in [0.25, 0.3) is 0 Å². The maximum atomic E-state index is 13.1. The Kier molecular flexibility index (Phi) is 6.11. The molecule has 1 saturated carbocycles. The smallest absolute Gasteiger partial charge is 0.163 e. The van der Waals surface area contributed by atoms with Crippen molar-refractivity contribution in [1.29, 1.82) is 0 Å². The number of hydrogen-bond acceptors (Lipinski definition) is 5. The third kappa shape index (κ3) is 4.42. The molecular weight excluding hydrogens is 516 g/mol. The molecule has 30 heavy (non-hydrogen) atoms. The lowest BCUT2D eigenvalue weighted by Gasteiger charge is -2.39. The van der Waals surface area contributed by atoms with Crippen molar-refractivity contribution in [2.24, 2.45) is 16.7 Å². The fourth-order valence-electron chi connectivity index (χ4n) is 4.72. The van der Waals surface area contributed by atoms with E-state index in [1.165, 1.54) is 0 Å². The molecule has 2 aliphatic rings. The van der Waals surface area contributed by atoms with Crippen molar-refractivity contribution in [3.63, 3.8) is 0 Å². The minimum absolute atomic E-state index is 0.0192. The predicted octanol–water partition coefficient (Wildman–Crippen LogP) is 5.78. The van der Waals surface area contributed by atoms with Crippen LogP contribution in [0.3, 0.4) is 0 Å². The van der Waals surface area contributed by atoms with Gasteiger partial charge < -0.3 is 10.2 Å². The number of aliphatic hydroxyl groups excluding tert-OH is 1. The Morgan fingerprint density at radius 1 is 0.867 bits per heavy atom. The van der Waals surface area contributed by atoms with E-state index in [2.05, 4.69) is 31.9 Å². The summed E-state index contributed by atoms with van der Waals surface area (Å²) in [5.41, 5.74) is -0.161. The van der Waals surface area contributed by atoms with Gasteiger partial charge in [-0.1, -0.05) is 27.7 Å². The van der Waals surface area contributed by atoms with Gasteiger partial charge in [0.05, 0.1) is 14.9 Å². The Bertz CT molecular complexity index is 931. The molecule has 0 saturated heterocycles. The number of aliphatic hydroxyl groups is 1. The Morgan fingerprint density at radius 3 is 1.80 bits per heavy atom. The lowest BCUT2D eigenvalue weighted by atomic mass is 9.62. The number of allylic oxidation sites excluding steroid dienone is 2. The molecule has 2 N–H and O–H groups in total. The SMILES string of the molecule is CC1(C)CC(=O)C([C@@H](C2=C(O)CC(C)(C)CC2=O)c2cc(Br)c(O)c(Br)c2)C(=O)C1. The molecule has 1 aromatic carbocycles. The number of ketones is 3. The van der Waals surface area contributed by atoms with Gasteiger partial charge in [-0.3, -0.25) is 14.4 Å². The molecule has 2 aliphatic carbocycles. The molecule has 0 aromatic heterocycles. The standard InChI is InChI=1S/C23H26Br2O5/c1-22(2)7-14(26)19(15(27)8-22)18(11-5-12(24)21(30)13(25)6-11)20-16(28)9-23(3,4)10-17(20)29/h5-6,18-19,28,30H,7-10H2,1-4H3/t18-/m0/s1. The minimum atomic E-state index is -1.04. The van der Waals surface area contributed by atoms with Gasteiger partial charge in [0.2, 0.25) is 0 Å². The largest absolute Gasteiger partial charge is 0.512 e. The van der Waals surface area contributed by atoms with Crippen LogP contribution in [0.2, 0.25) is 0 Å². The summed E-state index contributed by atoms with van der Waals surface area (Å²) >= 11 is 6.59. The summed E-state index contributed by atoms with van der Waals surface area (Å²) in [5.74, 6) is -2.71. The first-order valence-corrected chi connectivity index (χ1v) is 11.5. The van der Waals surface area contributed by atoms with Gasteiger partial charge in [-0.05, 0) is 60.4 Å².